The molecule has 114 valence electrons. The number of aromatic amines is 1. The van der Waals surface area contributed by atoms with Gasteiger partial charge in [-0.1, -0.05) is 0 Å². The van der Waals surface area contributed by atoms with Crippen molar-refractivity contribution in [2.75, 3.05) is 27.2 Å². The maximum atomic E-state index is 4.57. The molecule has 0 spiro atoms. The molecule has 0 amide bonds. The van der Waals surface area contributed by atoms with E-state index in [9.17, 15) is 0 Å². The average molecular weight is 288 g/mol. The highest BCUT2D eigenvalue weighted by Gasteiger charge is 2.26. The quantitative estimate of drug-likeness (QED) is 0.898. The van der Waals surface area contributed by atoms with Gasteiger partial charge in [0.05, 0.1) is 12.0 Å². The molecule has 0 aromatic carbocycles. The normalized spacial score (nSPS) is 19.7. The first-order chi connectivity index (χ1) is 10.1. The number of rotatable bonds is 5. The van der Waals surface area contributed by atoms with Crippen molar-refractivity contribution >= 4 is 0 Å². The lowest BCUT2D eigenvalue weighted by Crippen LogP contribution is -2.21. The number of aryl methyl sites for hydroxylation is 1. The third-order valence-corrected chi connectivity index (χ3v) is 4.10. The zero-order chi connectivity index (χ0) is 14.8. The molecule has 6 heteroatoms. The molecule has 1 saturated heterocycles. The van der Waals surface area contributed by atoms with E-state index in [1.807, 2.05) is 18.7 Å². The van der Waals surface area contributed by atoms with E-state index >= 15 is 0 Å². The SMILES string of the molecule is CN(C)Cc1cnc([C@H]2CCN(Cc3cncn3C)C2)[nH]1. The fraction of sp³-hybridized carbons (Fsp3) is 0.600. The zero-order valence-corrected chi connectivity index (χ0v) is 13.1. The molecule has 1 atom stereocenters. The highest BCUT2D eigenvalue weighted by atomic mass is 15.2. The Morgan fingerprint density at radius 1 is 1.38 bits per heavy atom. The van der Waals surface area contributed by atoms with Crippen LogP contribution in [-0.2, 0) is 20.1 Å². The highest BCUT2D eigenvalue weighted by molar-refractivity contribution is 5.08. The third-order valence-electron chi connectivity index (χ3n) is 4.10. The van der Waals surface area contributed by atoms with Gasteiger partial charge in [0, 0.05) is 50.7 Å². The van der Waals surface area contributed by atoms with Crippen molar-refractivity contribution in [1.82, 2.24) is 29.3 Å². The second kappa shape index (κ2) is 5.99. The molecule has 0 aliphatic carbocycles. The smallest absolute Gasteiger partial charge is 0.110 e. The van der Waals surface area contributed by atoms with Crippen LogP contribution in [0.25, 0.3) is 0 Å². The summed E-state index contributed by atoms with van der Waals surface area (Å²) in [4.78, 5) is 16.9. The van der Waals surface area contributed by atoms with Crippen LogP contribution >= 0.6 is 0 Å². The van der Waals surface area contributed by atoms with Crippen LogP contribution in [0.4, 0.5) is 0 Å². The van der Waals surface area contributed by atoms with Crippen LogP contribution in [0.15, 0.2) is 18.7 Å². The van der Waals surface area contributed by atoms with Crippen LogP contribution in [0.3, 0.4) is 0 Å². The van der Waals surface area contributed by atoms with Crippen LogP contribution in [0.1, 0.15) is 29.6 Å². The molecule has 0 radical (unpaired) electrons. The topological polar surface area (TPSA) is 53.0 Å². The molecule has 0 saturated carbocycles. The maximum Gasteiger partial charge on any atom is 0.110 e. The van der Waals surface area contributed by atoms with Gasteiger partial charge in [0.2, 0.25) is 0 Å². The minimum atomic E-state index is 0.522. The number of hydrogen-bond donors (Lipinski definition) is 1. The Morgan fingerprint density at radius 3 is 2.95 bits per heavy atom. The van der Waals surface area contributed by atoms with Gasteiger partial charge in [-0.25, -0.2) is 9.97 Å². The summed E-state index contributed by atoms with van der Waals surface area (Å²) in [6.07, 6.45) is 6.96. The number of nitrogens with one attached hydrogen (secondary N) is 1. The number of aromatic nitrogens is 4. The Bertz CT molecular complexity index is 585. The average Bonchev–Trinajstić information content (AvgIpc) is 3.12. The molecule has 0 bridgehead atoms. The minimum absolute atomic E-state index is 0.522. The summed E-state index contributed by atoms with van der Waals surface area (Å²) in [6.45, 7) is 4.08. The molecule has 1 fully saturated rings. The van der Waals surface area contributed by atoms with Gasteiger partial charge in [0.1, 0.15) is 5.82 Å². The molecule has 1 aliphatic rings. The van der Waals surface area contributed by atoms with E-state index in [-0.39, 0.29) is 0 Å². The monoisotopic (exact) mass is 288 g/mol. The van der Waals surface area contributed by atoms with Crippen LogP contribution in [-0.4, -0.2) is 56.5 Å². The Balaban J connectivity index is 1.59. The second-order valence-electron chi connectivity index (χ2n) is 6.25. The lowest BCUT2D eigenvalue weighted by Gasteiger charge is -2.15. The van der Waals surface area contributed by atoms with Gasteiger partial charge in [-0.2, -0.15) is 0 Å². The van der Waals surface area contributed by atoms with Crippen molar-refractivity contribution in [3.63, 3.8) is 0 Å². The molecular weight excluding hydrogens is 264 g/mol. The summed E-state index contributed by atoms with van der Waals surface area (Å²) >= 11 is 0. The highest BCUT2D eigenvalue weighted by Crippen LogP contribution is 2.26. The molecule has 3 rings (SSSR count). The first-order valence-electron chi connectivity index (χ1n) is 7.48. The molecule has 21 heavy (non-hydrogen) atoms. The van der Waals surface area contributed by atoms with Crippen LogP contribution in [0, 0.1) is 0 Å². The van der Waals surface area contributed by atoms with Gasteiger partial charge in [0.15, 0.2) is 0 Å². The van der Waals surface area contributed by atoms with E-state index in [0.717, 1.165) is 32.0 Å². The number of hydrogen-bond acceptors (Lipinski definition) is 4. The Morgan fingerprint density at radius 2 is 2.24 bits per heavy atom. The summed E-state index contributed by atoms with van der Waals surface area (Å²) in [5.41, 5.74) is 2.46. The van der Waals surface area contributed by atoms with E-state index < -0.39 is 0 Å². The number of nitrogens with zero attached hydrogens (tertiary/aromatic N) is 5. The molecule has 0 unspecified atom stereocenters. The van der Waals surface area contributed by atoms with Crippen molar-refractivity contribution < 1.29 is 0 Å². The van der Waals surface area contributed by atoms with Crippen molar-refractivity contribution in [3.8, 4) is 0 Å². The minimum Gasteiger partial charge on any atom is -0.345 e. The van der Waals surface area contributed by atoms with Crippen molar-refractivity contribution in [3.05, 3.63) is 35.9 Å². The molecule has 3 heterocycles. The van der Waals surface area contributed by atoms with E-state index in [4.69, 9.17) is 0 Å². The fourth-order valence-electron chi connectivity index (χ4n) is 2.97. The predicted molar refractivity (Wildman–Crippen MR) is 81.8 cm³/mol. The standard InChI is InChI=1S/C15H24N6/c1-19(2)9-13-6-17-15(18-13)12-4-5-21(8-12)10-14-7-16-11-20(14)3/h6-7,11-12H,4-5,8-10H2,1-3H3,(H,17,18)/t12-/m0/s1. The van der Waals surface area contributed by atoms with Gasteiger partial charge in [-0.05, 0) is 27.1 Å². The van der Waals surface area contributed by atoms with E-state index in [1.54, 1.807) is 0 Å². The molecule has 1 N–H and O–H groups in total. The van der Waals surface area contributed by atoms with Crippen LogP contribution in [0.5, 0.6) is 0 Å². The lowest BCUT2D eigenvalue weighted by molar-refractivity contribution is 0.318. The third kappa shape index (κ3) is 3.33. The summed E-state index contributed by atoms with van der Waals surface area (Å²) in [5.74, 6) is 1.66. The summed E-state index contributed by atoms with van der Waals surface area (Å²) in [6, 6.07) is 0. The summed E-state index contributed by atoms with van der Waals surface area (Å²) in [7, 11) is 6.20. The molecular formula is C15H24N6. The van der Waals surface area contributed by atoms with E-state index in [1.165, 1.54) is 17.8 Å². The van der Waals surface area contributed by atoms with Gasteiger partial charge < -0.3 is 14.5 Å². The van der Waals surface area contributed by atoms with Gasteiger partial charge in [0.25, 0.3) is 0 Å². The number of imidazole rings is 2. The largest absolute Gasteiger partial charge is 0.345 e. The maximum absolute atomic E-state index is 4.57. The number of H-pyrrole nitrogens is 1. The van der Waals surface area contributed by atoms with Crippen LogP contribution in [0.2, 0.25) is 0 Å². The van der Waals surface area contributed by atoms with Crippen molar-refractivity contribution in [2.24, 2.45) is 7.05 Å². The molecule has 2 aromatic heterocycles. The Hall–Kier alpha value is -1.66. The molecule has 1 aliphatic heterocycles. The Kier molecular flexibility index (Phi) is 4.07. The van der Waals surface area contributed by atoms with Gasteiger partial charge >= 0.3 is 0 Å². The molecule has 6 nitrogen and oxygen atoms in total. The first kappa shape index (κ1) is 14.3. The Labute approximate surface area is 125 Å². The van der Waals surface area contributed by atoms with Crippen molar-refractivity contribution in [2.45, 2.75) is 25.4 Å². The van der Waals surface area contributed by atoms with Crippen LogP contribution < -0.4 is 0 Å². The van der Waals surface area contributed by atoms with Crippen molar-refractivity contribution in [1.29, 1.82) is 0 Å². The van der Waals surface area contributed by atoms with Gasteiger partial charge in [-0.15, -0.1) is 0 Å². The predicted octanol–water partition coefficient (Wildman–Crippen LogP) is 1.19. The lowest BCUT2D eigenvalue weighted by atomic mass is 10.1. The zero-order valence-electron chi connectivity index (χ0n) is 13.1. The van der Waals surface area contributed by atoms with Gasteiger partial charge in [-0.3, -0.25) is 4.90 Å². The molecule has 2 aromatic rings. The summed E-state index contributed by atoms with van der Waals surface area (Å²) < 4.78 is 2.09. The number of likely N-dealkylation sites (tertiary alicyclic amines) is 1. The second-order valence-corrected chi connectivity index (χ2v) is 6.25. The van der Waals surface area contributed by atoms with E-state index in [2.05, 4.69) is 50.5 Å². The van der Waals surface area contributed by atoms with E-state index in [0.29, 0.717) is 5.92 Å². The first-order valence-corrected chi connectivity index (χ1v) is 7.48. The fourth-order valence-corrected chi connectivity index (χ4v) is 2.97. The summed E-state index contributed by atoms with van der Waals surface area (Å²) in [5, 5.41) is 0.